The van der Waals surface area contributed by atoms with E-state index in [1.807, 2.05) is 18.2 Å². The van der Waals surface area contributed by atoms with E-state index in [1.54, 1.807) is 17.0 Å². The fraction of sp³-hybridized carbons (Fsp3) is 0.444. The van der Waals surface area contributed by atoms with Gasteiger partial charge in [-0.1, -0.05) is 18.2 Å². The maximum Gasteiger partial charge on any atom is 0.387 e. The van der Waals surface area contributed by atoms with Gasteiger partial charge < -0.3 is 14.4 Å². The van der Waals surface area contributed by atoms with Gasteiger partial charge in [-0.3, -0.25) is 24.6 Å². The van der Waals surface area contributed by atoms with Crippen molar-refractivity contribution in [3.8, 4) is 11.5 Å². The Hall–Kier alpha value is -3.53. The molecule has 0 radical (unpaired) electrons. The lowest BCUT2D eigenvalue weighted by molar-refractivity contribution is -0.136. The molecule has 1 spiro atoms. The van der Waals surface area contributed by atoms with Gasteiger partial charge in [0.2, 0.25) is 11.8 Å². The molecule has 1 N–H and O–H groups in total. The molecule has 2 saturated heterocycles. The van der Waals surface area contributed by atoms with E-state index in [9.17, 15) is 23.2 Å². The van der Waals surface area contributed by atoms with E-state index in [1.165, 1.54) is 6.07 Å². The van der Waals surface area contributed by atoms with Crippen LogP contribution in [0.5, 0.6) is 11.5 Å². The molecule has 194 valence electrons. The number of amides is 3. The summed E-state index contributed by atoms with van der Waals surface area (Å²) < 4.78 is 35.9. The number of ether oxygens (including phenoxy) is 2. The highest BCUT2D eigenvalue weighted by Gasteiger charge is 2.47. The van der Waals surface area contributed by atoms with Crippen LogP contribution in [0, 0.1) is 0 Å². The summed E-state index contributed by atoms with van der Waals surface area (Å²) in [5, 5.41) is 2.34. The number of hydrogen-bond donors (Lipinski definition) is 1. The number of carbonyl (C=O) groups excluding carboxylic acids is 3. The number of nitrogens with zero attached hydrogens (tertiary/aromatic N) is 2. The van der Waals surface area contributed by atoms with Gasteiger partial charge in [-0.15, -0.1) is 0 Å². The van der Waals surface area contributed by atoms with E-state index in [2.05, 4.69) is 15.0 Å². The van der Waals surface area contributed by atoms with Crippen LogP contribution in [0.4, 0.5) is 8.78 Å². The van der Waals surface area contributed by atoms with Gasteiger partial charge in [0, 0.05) is 35.1 Å². The van der Waals surface area contributed by atoms with Crippen molar-refractivity contribution < 1.29 is 32.6 Å². The molecule has 4 aliphatic rings. The Balaban J connectivity index is 1.15. The minimum Gasteiger partial charge on any atom is -0.492 e. The quantitative estimate of drug-likeness (QED) is 0.622. The van der Waals surface area contributed by atoms with Gasteiger partial charge in [0.25, 0.3) is 5.91 Å². The van der Waals surface area contributed by atoms with Crippen molar-refractivity contribution in [3.63, 3.8) is 0 Å². The van der Waals surface area contributed by atoms with E-state index < -0.39 is 18.6 Å². The molecule has 0 bridgehead atoms. The summed E-state index contributed by atoms with van der Waals surface area (Å²) in [6.07, 6.45) is 2.28. The van der Waals surface area contributed by atoms with Crippen LogP contribution < -0.4 is 14.8 Å². The standard InChI is InChI=1S/C27H27F2N3O5/c28-26(29)37-17-3-1-2-16(12-17)13-31-10-8-27(9-11-31)15-36-23-19-14-32(21-6-7-22(33)30-24(21)34)25(35)18(19)4-5-20(23)27/h1-5,12,21,26H,6-11,13-15H2,(H,30,33,34). The first-order valence-electron chi connectivity index (χ1n) is 12.5. The maximum atomic E-state index is 13.1. The normalized spacial score (nSPS) is 22.7. The van der Waals surface area contributed by atoms with E-state index in [4.69, 9.17) is 4.74 Å². The second-order valence-electron chi connectivity index (χ2n) is 10.2. The van der Waals surface area contributed by atoms with E-state index in [-0.39, 0.29) is 29.4 Å². The van der Waals surface area contributed by atoms with Gasteiger partial charge in [-0.25, -0.2) is 0 Å². The van der Waals surface area contributed by atoms with Crippen molar-refractivity contribution in [1.29, 1.82) is 0 Å². The number of alkyl halides is 2. The Kier molecular flexibility index (Phi) is 5.86. The first kappa shape index (κ1) is 23.8. The molecular weight excluding hydrogens is 484 g/mol. The second kappa shape index (κ2) is 9.09. The lowest BCUT2D eigenvalue weighted by Gasteiger charge is -2.38. The van der Waals surface area contributed by atoms with Crippen LogP contribution in [0.25, 0.3) is 0 Å². The first-order valence-corrected chi connectivity index (χ1v) is 12.5. The van der Waals surface area contributed by atoms with E-state index >= 15 is 0 Å². The molecule has 2 aromatic rings. The summed E-state index contributed by atoms with van der Waals surface area (Å²) in [6.45, 7) is 0.270. The fourth-order valence-corrected chi connectivity index (χ4v) is 6.11. The highest BCUT2D eigenvalue weighted by molar-refractivity contribution is 6.05. The summed E-state index contributed by atoms with van der Waals surface area (Å²) in [5.41, 5.74) is 3.26. The van der Waals surface area contributed by atoms with Crippen molar-refractivity contribution in [3.05, 3.63) is 58.7 Å². The molecule has 4 heterocycles. The third-order valence-electron chi connectivity index (χ3n) is 8.07. The maximum absolute atomic E-state index is 13.1. The SMILES string of the molecule is O=C1CCC(N2Cc3c(ccc4c3OCC43CCN(Cc4cccc(OC(F)F)c4)CC3)C2=O)C(=O)N1. The van der Waals surface area contributed by atoms with Gasteiger partial charge in [0.15, 0.2) is 0 Å². The third kappa shape index (κ3) is 4.22. The minimum atomic E-state index is -2.85. The Morgan fingerprint density at radius 2 is 1.95 bits per heavy atom. The summed E-state index contributed by atoms with van der Waals surface area (Å²) in [7, 11) is 0. The van der Waals surface area contributed by atoms with Gasteiger partial charge in [0.05, 0.1) is 13.2 Å². The van der Waals surface area contributed by atoms with Gasteiger partial charge >= 0.3 is 6.61 Å². The molecule has 8 nitrogen and oxygen atoms in total. The van der Waals surface area contributed by atoms with Crippen molar-refractivity contribution in [2.24, 2.45) is 0 Å². The number of imide groups is 1. The molecule has 37 heavy (non-hydrogen) atoms. The predicted molar refractivity (Wildman–Crippen MR) is 127 cm³/mol. The lowest BCUT2D eigenvalue weighted by atomic mass is 9.74. The van der Waals surface area contributed by atoms with Crippen LogP contribution in [0.1, 0.15) is 52.7 Å². The van der Waals surface area contributed by atoms with Crippen LogP contribution in [0.15, 0.2) is 36.4 Å². The molecule has 10 heteroatoms. The Labute approximate surface area is 212 Å². The minimum absolute atomic E-state index is 0.146. The average Bonchev–Trinajstić information content (AvgIpc) is 3.39. The summed E-state index contributed by atoms with van der Waals surface area (Å²) in [5.74, 6) is -0.0215. The Morgan fingerprint density at radius 3 is 2.70 bits per heavy atom. The lowest BCUT2D eigenvalue weighted by Crippen LogP contribution is -2.52. The number of fused-ring (bicyclic) bond motifs is 4. The molecule has 0 aliphatic carbocycles. The summed E-state index contributed by atoms with van der Waals surface area (Å²) in [6, 6.07) is 9.99. The van der Waals surface area contributed by atoms with Crippen LogP contribution in [-0.2, 0) is 28.1 Å². The Morgan fingerprint density at radius 1 is 1.14 bits per heavy atom. The zero-order valence-corrected chi connectivity index (χ0v) is 20.2. The molecule has 3 amide bonds. The van der Waals surface area contributed by atoms with Crippen LogP contribution in [0.2, 0.25) is 0 Å². The smallest absolute Gasteiger partial charge is 0.387 e. The zero-order chi connectivity index (χ0) is 25.7. The molecule has 1 unspecified atom stereocenters. The number of halogens is 2. The third-order valence-corrected chi connectivity index (χ3v) is 8.07. The number of likely N-dealkylation sites (tertiary alicyclic amines) is 1. The predicted octanol–water partition coefficient (Wildman–Crippen LogP) is 2.98. The molecule has 4 aliphatic heterocycles. The van der Waals surface area contributed by atoms with E-state index in [0.717, 1.165) is 48.4 Å². The number of rotatable bonds is 5. The van der Waals surface area contributed by atoms with Crippen molar-refractivity contribution in [2.45, 2.75) is 56.8 Å². The number of carbonyl (C=O) groups is 3. The van der Waals surface area contributed by atoms with Crippen molar-refractivity contribution in [1.82, 2.24) is 15.1 Å². The van der Waals surface area contributed by atoms with Gasteiger partial charge in [0.1, 0.15) is 17.5 Å². The molecule has 6 rings (SSSR count). The number of piperidine rings is 2. The largest absolute Gasteiger partial charge is 0.492 e. The second-order valence-corrected chi connectivity index (χ2v) is 10.2. The summed E-state index contributed by atoms with van der Waals surface area (Å²) in [4.78, 5) is 40.9. The molecule has 0 aromatic heterocycles. The number of hydrogen-bond acceptors (Lipinski definition) is 6. The average molecular weight is 512 g/mol. The fourth-order valence-electron chi connectivity index (χ4n) is 6.11. The first-order chi connectivity index (χ1) is 17.8. The monoisotopic (exact) mass is 511 g/mol. The zero-order valence-electron chi connectivity index (χ0n) is 20.2. The molecule has 0 saturated carbocycles. The highest BCUT2D eigenvalue weighted by Crippen LogP contribution is 2.49. The van der Waals surface area contributed by atoms with Crippen LogP contribution >= 0.6 is 0 Å². The van der Waals surface area contributed by atoms with Crippen LogP contribution in [0.3, 0.4) is 0 Å². The molecule has 1 atom stereocenters. The molecule has 2 aromatic carbocycles. The highest BCUT2D eigenvalue weighted by atomic mass is 19.3. The Bertz CT molecular complexity index is 1270. The number of benzene rings is 2. The topological polar surface area (TPSA) is 88.2 Å². The van der Waals surface area contributed by atoms with E-state index in [0.29, 0.717) is 31.7 Å². The molecular formula is C27H27F2N3O5. The van der Waals surface area contributed by atoms with Gasteiger partial charge in [-0.2, -0.15) is 8.78 Å². The summed E-state index contributed by atoms with van der Waals surface area (Å²) >= 11 is 0. The number of nitrogens with one attached hydrogen (secondary N) is 1. The van der Waals surface area contributed by atoms with Crippen molar-refractivity contribution >= 4 is 17.7 Å². The molecule has 2 fully saturated rings. The van der Waals surface area contributed by atoms with Gasteiger partial charge in [-0.05, 0) is 56.1 Å². The van der Waals surface area contributed by atoms with Crippen molar-refractivity contribution in [2.75, 3.05) is 19.7 Å². The van der Waals surface area contributed by atoms with Crippen LogP contribution in [-0.4, -0.2) is 59.9 Å².